The third kappa shape index (κ3) is 3.92. The lowest BCUT2D eigenvalue weighted by atomic mass is 10.1. The van der Waals surface area contributed by atoms with E-state index in [9.17, 15) is 4.79 Å². The molecule has 0 unspecified atom stereocenters. The smallest absolute Gasteiger partial charge is 0.227 e. The SMILES string of the molecule is CCC[C@@H](C)C(=O)Nc1cccc(Cl)c1. The van der Waals surface area contributed by atoms with Gasteiger partial charge in [0.15, 0.2) is 0 Å². The Morgan fingerprint density at radius 2 is 2.27 bits per heavy atom. The number of amides is 1. The standard InChI is InChI=1S/C12H16ClNO/c1-3-5-9(2)12(15)14-11-7-4-6-10(13)8-11/h4,6-9H,3,5H2,1-2H3,(H,14,15)/t9-/m1/s1. The van der Waals surface area contributed by atoms with Gasteiger partial charge in [0.2, 0.25) is 5.91 Å². The summed E-state index contributed by atoms with van der Waals surface area (Å²) < 4.78 is 0. The lowest BCUT2D eigenvalue weighted by Crippen LogP contribution is -2.20. The minimum Gasteiger partial charge on any atom is -0.326 e. The first-order valence-electron chi connectivity index (χ1n) is 5.20. The monoisotopic (exact) mass is 225 g/mol. The van der Waals surface area contributed by atoms with E-state index in [1.54, 1.807) is 12.1 Å². The molecule has 1 aromatic rings. The van der Waals surface area contributed by atoms with E-state index >= 15 is 0 Å². The van der Waals surface area contributed by atoms with Crippen LogP contribution in [0.3, 0.4) is 0 Å². The summed E-state index contributed by atoms with van der Waals surface area (Å²) in [6, 6.07) is 7.19. The second-order valence-corrected chi connectivity index (χ2v) is 4.13. The van der Waals surface area contributed by atoms with Crippen molar-refractivity contribution in [1.29, 1.82) is 0 Å². The van der Waals surface area contributed by atoms with Gasteiger partial charge in [-0.2, -0.15) is 0 Å². The van der Waals surface area contributed by atoms with E-state index < -0.39 is 0 Å². The molecule has 0 spiro atoms. The highest BCUT2D eigenvalue weighted by molar-refractivity contribution is 6.30. The van der Waals surface area contributed by atoms with Gasteiger partial charge in [-0.3, -0.25) is 4.79 Å². The van der Waals surface area contributed by atoms with Crippen LogP contribution >= 0.6 is 11.6 Å². The summed E-state index contributed by atoms with van der Waals surface area (Å²) in [5.74, 6) is 0.105. The van der Waals surface area contributed by atoms with Crippen LogP contribution in [0.1, 0.15) is 26.7 Å². The van der Waals surface area contributed by atoms with Crippen LogP contribution in [0.5, 0.6) is 0 Å². The molecule has 15 heavy (non-hydrogen) atoms. The van der Waals surface area contributed by atoms with Crippen LogP contribution < -0.4 is 5.32 Å². The Kier molecular flexibility index (Phi) is 4.63. The topological polar surface area (TPSA) is 29.1 Å². The fourth-order valence-corrected chi connectivity index (χ4v) is 1.59. The molecule has 0 bridgehead atoms. The van der Waals surface area contributed by atoms with Gasteiger partial charge in [-0.1, -0.05) is 37.9 Å². The quantitative estimate of drug-likeness (QED) is 0.832. The molecule has 3 heteroatoms. The van der Waals surface area contributed by atoms with Gasteiger partial charge in [0.05, 0.1) is 0 Å². The molecule has 1 atom stereocenters. The summed E-state index contributed by atoms with van der Waals surface area (Å²) >= 11 is 5.82. The Bertz CT molecular complexity index is 338. The van der Waals surface area contributed by atoms with Crippen molar-refractivity contribution in [2.45, 2.75) is 26.7 Å². The maximum atomic E-state index is 11.7. The van der Waals surface area contributed by atoms with Crippen LogP contribution in [-0.2, 0) is 4.79 Å². The fraction of sp³-hybridized carbons (Fsp3) is 0.417. The largest absolute Gasteiger partial charge is 0.326 e. The number of hydrogen-bond donors (Lipinski definition) is 1. The molecule has 0 saturated carbocycles. The fourth-order valence-electron chi connectivity index (χ4n) is 1.40. The Morgan fingerprint density at radius 3 is 2.87 bits per heavy atom. The zero-order valence-corrected chi connectivity index (χ0v) is 9.84. The molecule has 0 aliphatic heterocycles. The minimum atomic E-state index is 0.0500. The molecule has 1 amide bonds. The first-order valence-corrected chi connectivity index (χ1v) is 5.57. The number of nitrogens with one attached hydrogen (secondary N) is 1. The van der Waals surface area contributed by atoms with Crippen LogP contribution in [0.4, 0.5) is 5.69 Å². The molecule has 0 aliphatic rings. The van der Waals surface area contributed by atoms with Crippen molar-refractivity contribution in [2.24, 2.45) is 5.92 Å². The van der Waals surface area contributed by atoms with Crippen molar-refractivity contribution >= 4 is 23.2 Å². The molecule has 0 radical (unpaired) electrons. The number of rotatable bonds is 4. The molecule has 0 fully saturated rings. The predicted octanol–water partition coefficient (Wildman–Crippen LogP) is 3.71. The summed E-state index contributed by atoms with van der Waals surface area (Å²) in [4.78, 5) is 11.7. The van der Waals surface area contributed by atoms with Gasteiger partial charge in [-0.25, -0.2) is 0 Å². The number of anilines is 1. The predicted molar refractivity (Wildman–Crippen MR) is 64.2 cm³/mol. The molecule has 82 valence electrons. The third-order valence-electron chi connectivity index (χ3n) is 2.26. The first-order chi connectivity index (χ1) is 7.13. The molecule has 0 heterocycles. The van der Waals surface area contributed by atoms with Gasteiger partial charge in [0.1, 0.15) is 0 Å². The van der Waals surface area contributed by atoms with Gasteiger partial charge < -0.3 is 5.32 Å². The molecule has 1 aromatic carbocycles. The van der Waals surface area contributed by atoms with Crippen LogP contribution in [0.15, 0.2) is 24.3 Å². The van der Waals surface area contributed by atoms with E-state index in [1.807, 2.05) is 19.1 Å². The zero-order chi connectivity index (χ0) is 11.3. The van der Waals surface area contributed by atoms with Gasteiger partial charge in [0.25, 0.3) is 0 Å². The second-order valence-electron chi connectivity index (χ2n) is 3.69. The van der Waals surface area contributed by atoms with Crippen LogP contribution in [0.2, 0.25) is 5.02 Å². The Labute approximate surface area is 95.6 Å². The summed E-state index contributed by atoms with van der Waals surface area (Å²) in [5.41, 5.74) is 0.760. The first kappa shape index (κ1) is 12.1. The second kappa shape index (κ2) is 5.76. The van der Waals surface area contributed by atoms with E-state index in [-0.39, 0.29) is 11.8 Å². The van der Waals surface area contributed by atoms with Crippen LogP contribution in [0.25, 0.3) is 0 Å². The average Bonchev–Trinajstić information content (AvgIpc) is 2.18. The van der Waals surface area contributed by atoms with Crippen molar-refractivity contribution in [1.82, 2.24) is 0 Å². The zero-order valence-electron chi connectivity index (χ0n) is 9.09. The van der Waals surface area contributed by atoms with Crippen LogP contribution in [0, 0.1) is 5.92 Å². The molecular formula is C12H16ClNO. The highest BCUT2D eigenvalue weighted by Crippen LogP contribution is 2.16. The van der Waals surface area contributed by atoms with Crippen molar-refractivity contribution in [3.8, 4) is 0 Å². The molecule has 1 rings (SSSR count). The van der Waals surface area contributed by atoms with E-state index in [2.05, 4.69) is 12.2 Å². The van der Waals surface area contributed by atoms with Gasteiger partial charge in [0, 0.05) is 16.6 Å². The molecule has 1 N–H and O–H groups in total. The number of carbonyl (C=O) groups is 1. The number of halogens is 1. The Balaban J connectivity index is 2.58. The van der Waals surface area contributed by atoms with E-state index in [0.29, 0.717) is 5.02 Å². The highest BCUT2D eigenvalue weighted by atomic mass is 35.5. The third-order valence-corrected chi connectivity index (χ3v) is 2.50. The van der Waals surface area contributed by atoms with Crippen molar-refractivity contribution in [3.63, 3.8) is 0 Å². The lowest BCUT2D eigenvalue weighted by molar-refractivity contribution is -0.119. The number of carbonyl (C=O) groups excluding carboxylic acids is 1. The Morgan fingerprint density at radius 1 is 1.53 bits per heavy atom. The van der Waals surface area contributed by atoms with E-state index in [1.165, 1.54) is 0 Å². The van der Waals surface area contributed by atoms with Crippen LogP contribution in [-0.4, -0.2) is 5.91 Å². The number of hydrogen-bond acceptors (Lipinski definition) is 1. The van der Waals surface area contributed by atoms with Gasteiger partial charge in [-0.05, 0) is 24.6 Å². The summed E-state index contributed by atoms with van der Waals surface area (Å²) in [6.07, 6.45) is 1.93. The molecule has 2 nitrogen and oxygen atoms in total. The number of benzene rings is 1. The van der Waals surface area contributed by atoms with Crippen molar-refractivity contribution in [2.75, 3.05) is 5.32 Å². The van der Waals surface area contributed by atoms with Crippen molar-refractivity contribution < 1.29 is 4.79 Å². The maximum Gasteiger partial charge on any atom is 0.227 e. The maximum absolute atomic E-state index is 11.7. The summed E-state index contributed by atoms with van der Waals surface area (Å²) in [5, 5.41) is 3.48. The van der Waals surface area contributed by atoms with Gasteiger partial charge in [-0.15, -0.1) is 0 Å². The lowest BCUT2D eigenvalue weighted by Gasteiger charge is -2.10. The molecule has 0 aromatic heterocycles. The van der Waals surface area contributed by atoms with Crippen molar-refractivity contribution in [3.05, 3.63) is 29.3 Å². The summed E-state index contributed by atoms with van der Waals surface area (Å²) in [6.45, 7) is 4.01. The normalized spacial score (nSPS) is 12.2. The minimum absolute atomic E-state index is 0.0500. The Hall–Kier alpha value is -1.02. The average molecular weight is 226 g/mol. The molecule has 0 aliphatic carbocycles. The van der Waals surface area contributed by atoms with Gasteiger partial charge >= 0.3 is 0 Å². The molecular weight excluding hydrogens is 210 g/mol. The van der Waals surface area contributed by atoms with E-state index in [4.69, 9.17) is 11.6 Å². The van der Waals surface area contributed by atoms with E-state index in [0.717, 1.165) is 18.5 Å². The molecule has 0 saturated heterocycles. The summed E-state index contributed by atoms with van der Waals surface area (Å²) in [7, 11) is 0. The highest BCUT2D eigenvalue weighted by Gasteiger charge is 2.11.